The molecule has 1 saturated heterocycles. The maximum Gasteiger partial charge on any atom is 0.324 e. The lowest BCUT2D eigenvalue weighted by molar-refractivity contribution is -0.158. The maximum absolute atomic E-state index is 13.6. The van der Waals surface area contributed by atoms with Gasteiger partial charge in [0.05, 0.1) is 5.69 Å². The molecule has 0 aromatic carbocycles. The summed E-state index contributed by atoms with van der Waals surface area (Å²) in [5, 5.41) is 3.39. The molecule has 1 saturated carbocycles. The van der Waals surface area contributed by atoms with Crippen molar-refractivity contribution in [1.82, 2.24) is 14.6 Å². The fourth-order valence-electron chi connectivity index (χ4n) is 5.09. The number of sulfonamides is 1. The summed E-state index contributed by atoms with van der Waals surface area (Å²) in [6.45, 7) is 8.24. The topological polar surface area (TPSA) is 88.6 Å². The molecular weight excluding hydrogens is 500 g/mol. The third-order valence-electron chi connectivity index (χ3n) is 7.03. The minimum absolute atomic E-state index is 0.0324. The molecule has 0 spiro atoms. The van der Waals surface area contributed by atoms with E-state index in [0.717, 1.165) is 37.9 Å². The van der Waals surface area contributed by atoms with Crippen LogP contribution in [-0.2, 0) is 26.0 Å². The van der Waals surface area contributed by atoms with E-state index in [1.165, 1.54) is 4.31 Å². The molecule has 2 fully saturated rings. The summed E-state index contributed by atoms with van der Waals surface area (Å²) in [7, 11) is -3.90. The Morgan fingerprint density at radius 2 is 1.81 bits per heavy atom. The lowest BCUT2D eigenvalue weighted by atomic mass is 9.92. The fourth-order valence-corrected chi connectivity index (χ4v) is 6.93. The fraction of sp³-hybridized carbons (Fsp3) is 0.778. The summed E-state index contributed by atoms with van der Waals surface area (Å²) < 4.78 is 60.6. The van der Waals surface area contributed by atoms with E-state index in [2.05, 4.69) is 10.3 Å². The van der Waals surface area contributed by atoms with Gasteiger partial charge < -0.3 is 10.1 Å². The lowest BCUT2D eigenvalue weighted by Gasteiger charge is -2.28. The molecule has 37 heavy (non-hydrogen) atoms. The summed E-state index contributed by atoms with van der Waals surface area (Å²) >= 11 is 0. The third kappa shape index (κ3) is 8.68. The van der Waals surface area contributed by atoms with Gasteiger partial charge >= 0.3 is 5.97 Å². The van der Waals surface area contributed by atoms with Crippen molar-refractivity contribution in [2.24, 2.45) is 0 Å². The molecule has 0 unspecified atom stereocenters. The molecule has 0 amide bonds. The number of aromatic nitrogens is 1. The van der Waals surface area contributed by atoms with Gasteiger partial charge in [0.15, 0.2) is 0 Å². The van der Waals surface area contributed by atoms with Gasteiger partial charge in [0, 0.05) is 31.1 Å². The number of carbonyl (C=O) groups excluding carboxylic acids is 1. The SMILES string of the molecule is Cc1ccc(S(=O)(=O)N2CCC[C@H]2C(=O)OC(C)(C)C)c(CCCCCCNC2CCC(F)(F)CC2)n1. The van der Waals surface area contributed by atoms with Crippen LogP contribution in [0.1, 0.15) is 96.4 Å². The van der Waals surface area contributed by atoms with E-state index in [-0.39, 0.29) is 30.3 Å². The maximum atomic E-state index is 13.6. The van der Waals surface area contributed by atoms with Crippen LogP contribution in [0.2, 0.25) is 0 Å². The number of ether oxygens (including phenoxy) is 1. The van der Waals surface area contributed by atoms with Crippen molar-refractivity contribution >= 4 is 16.0 Å². The zero-order valence-electron chi connectivity index (χ0n) is 22.7. The van der Waals surface area contributed by atoms with Crippen LogP contribution < -0.4 is 5.32 Å². The van der Waals surface area contributed by atoms with Gasteiger partial charge in [0.25, 0.3) is 0 Å². The number of hydrogen-bond acceptors (Lipinski definition) is 6. The Morgan fingerprint density at radius 3 is 2.49 bits per heavy atom. The van der Waals surface area contributed by atoms with Crippen molar-refractivity contribution in [2.75, 3.05) is 13.1 Å². The van der Waals surface area contributed by atoms with Gasteiger partial charge in [-0.2, -0.15) is 4.31 Å². The van der Waals surface area contributed by atoms with E-state index in [9.17, 15) is 22.0 Å². The standard InChI is InChI=1S/C27H43F2N3O4S/c1-20-12-13-24(37(34,35)32-19-9-11-23(32)25(33)36-26(2,3)4)22(31-20)10-7-5-6-8-18-30-21-14-16-27(28,29)17-15-21/h12-13,21,23,30H,5-11,14-19H2,1-4H3/t23-/m0/s1. The Morgan fingerprint density at radius 1 is 1.14 bits per heavy atom. The van der Waals surface area contributed by atoms with Crippen molar-refractivity contribution in [3.05, 3.63) is 23.5 Å². The second-order valence-corrected chi connectivity index (χ2v) is 13.3. The quantitative estimate of drug-likeness (QED) is 0.307. The van der Waals surface area contributed by atoms with Gasteiger partial charge in [-0.15, -0.1) is 0 Å². The van der Waals surface area contributed by atoms with Gasteiger partial charge in [0.1, 0.15) is 16.5 Å². The number of pyridine rings is 1. The number of nitrogens with one attached hydrogen (secondary N) is 1. The van der Waals surface area contributed by atoms with Gasteiger partial charge in [-0.1, -0.05) is 12.8 Å². The van der Waals surface area contributed by atoms with Crippen LogP contribution >= 0.6 is 0 Å². The molecule has 10 heteroatoms. The molecule has 210 valence electrons. The molecule has 1 aliphatic carbocycles. The monoisotopic (exact) mass is 543 g/mol. The van der Waals surface area contributed by atoms with Crippen LogP contribution in [0.4, 0.5) is 8.78 Å². The normalized spacial score (nSPS) is 21.3. The number of nitrogens with zero attached hydrogens (tertiary/aromatic N) is 2. The Hall–Kier alpha value is -1.65. The summed E-state index contributed by atoms with van der Waals surface area (Å²) in [4.78, 5) is 17.5. The second-order valence-electron chi connectivity index (χ2n) is 11.5. The van der Waals surface area contributed by atoms with Crippen molar-refractivity contribution in [1.29, 1.82) is 0 Å². The lowest BCUT2D eigenvalue weighted by Crippen LogP contribution is -2.43. The van der Waals surface area contributed by atoms with E-state index in [1.54, 1.807) is 32.9 Å². The first kappa shape index (κ1) is 29.9. The smallest absolute Gasteiger partial charge is 0.324 e. The van der Waals surface area contributed by atoms with Crippen molar-refractivity contribution in [3.63, 3.8) is 0 Å². The minimum atomic E-state index is -3.90. The van der Waals surface area contributed by atoms with E-state index in [0.29, 0.717) is 37.8 Å². The first-order valence-corrected chi connectivity index (χ1v) is 15.0. The van der Waals surface area contributed by atoms with Crippen LogP contribution in [-0.4, -0.2) is 60.4 Å². The molecule has 0 bridgehead atoms. The Bertz CT molecular complexity index is 1020. The number of rotatable bonds is 11. The van der Waals surface area contributed by atoms with Crippen LogP contribution in [0.3, 0.4) is 0 Å². The highest BCUT2D eigenvalue weighted by Gasteiger charge is 2.42. The van der Waals surface area contributed by atoms with Gasteiger partial charge in [-0.3, -0.25) is 9.78 Å². The Kier molecular flexibility index (Phi) is 10.1. The summed E-state index contributed by atoms with van der Waals surface area (Å²) in [6, 6.07) is 2.66. The van der Waals surface area contributed by atoms with Crippen molar-refractivity contribution in [2.45, 2.75) is 127 Å². The number of hydrogen-bond donors (Lipinski definition) is 1. The van der Waals surface area contributed by atoms with Crippen molar-refractivity contribution < 1.29 is 26.7 Å². The predicted octanol–water partition coefficient (Wildman–Crippen LogP) is 5.16. The molecule has 1 aromatic heterocycles. The molecule has 2 aliphatic rings. The van der Waals surface area contributed by atoms with Gasteiger partial charge in [-0.05, 0) is 91.3 Å². The van der Waals surface area contributed by atoms with E-state index in [4.69, 9.17) is 4.74 Å². The molecule has 2 heterocycles. The van der Waals surface area contributed by atoms with Crippen LogP contribution in [0.5, 0.6) is 0 Å². The largest absolute Gasteiger partial charge is 0.459 e. The van der Waals surface area contributed by atoms with E-state index >= 15 is 0 Å². The van der Waals surface area contributed by atoms with Crippen LogP contribution in [0, 0.1) is 6.92 Å². The van der Waals surface area contributed by atoms with Gasteiger partial charge in [-0.25, -0.2) is 17.2 Å². The second kappa shape index (κ2) is 12.5. The molecular formula is C27H43F2N3O4S. The first-order chi connectivity index (χ1) is 17.3. The zero-order valence-corrected chi connectivity index (χ0v) is 23.5. The van der Waals surface area contributed by atoms with Crippen LogP contribution in [0.15, 0.2) is 17.0 Å². The van der Waals surface area contributed by atoms with Crippen molar-refractivity contribution in [3.8, 4) is 0 Å². The summed E-state index contributed by atoms with van der Waals surface area (Å²) in [6.07, 6.45) is 6.20. The highest BCUT2D eigenvalue weighted by molar-refractivity contribution is 7.89. The summed E-state index contributed by atoms with van der Waals surface area (Å²) in [5.74, 6) is -3.01. The molecule has 1 aliphatic heterocycles. The molecule has 0 radical (unpaired) electrons. The van der Waals surface area contributed by atoms with Crippen LogP contribution in [0.25, 0.3) is 0 Å². The number of esters is 1. The molecule has 7 nitrogen and oxygen atoms in total. The highest BCUT2D eigenvalue weighted by Crippen LogP contribution is 2.33. The minimum Gasteiger partial charge on any atom is -0.459 e. The average molecular weight is 544 g/mol. The first-order valence-electron chi connectivity index (χ1n) is 13.6. The van der Waals surface area contributed by atoms with Gasteiger partial charge in [0.2, 0.25) is 15.9 Å². The van der Waals surface area contributed by atoms with E-state index < -0.39 is 33.6 Å². The third-order valence-corrected chi connectivity index (χ3v) is 9.01. The molecule has 3 rings (SSSR count). The number of alkyl halides is 2. The average Bonchev–Trinajstić information content (AvgIpc) is 3.29. The number of aryl methyl sites for hydroxylation is 2. The Balaban J connectivity index is 1.53. The zero-order chi connectivity index (χ0) is 27.3. The molecule has 1 aromatic rings. The Labute approximate surface area is 220 Å². The van der Waals surface area contributed by atoms with E-state index in [1.807, 2.05) is 6.92 Å². The number of unbranched alkanes of at least 4 members (excludes halogenated alkanes) is 3. The summed E-state index contributed by atoms with van der Waals surface area (Å²) in [5.41, 5.74) is 0.601. The number of halogens is 2. The predicted molar refractivity (Wildman–Crippen MR) is 139 cm³/mol. The molecule has 1 N–H and O–H groups in total. The number of carbonyl (C=O) groups is 1. The molecule has 1 atom stereocenters. The highest BCUT2D eigenvalue weighted by atomic mass is 32.2.